The Kier molecular flexibility index (Phi) is 10.3. The van der Waals surface area contributed by atoms with Gasteiger partial charge >= 0.3 is 0 Å². The van der Waals surface area contributed by atoms with Gasteiger partial charge < -0.3 is 14.6 Å². The topological polar surface area (TPSA) is 38.7 Å². The van der Waals surface area contributed by atoms with Gasteiger partial charge in [0.1, 0.15) is 12.9 Å². The van der Waals surface area contributed by atoms with E-state index in [1.54, 1.807) is 30.6 Å². The number of aliphatic hydroxyl groups is 1. The van der Waals surface area contributed by atoms with Gasteiger partial charge in [-0.05, 0) is 37.3 Å². The summed E-state index contributed by atoms with van der Waals surface area (Å²) in [7, 11) is 1.61. The third kappa shape index (κ3) is 6.97. The molecule has 0 radical (unpaired) electrons. The highest BCUT2D eigenvalue weighted by atomic mass is 32.2. The number of hydrogen-bond donors (Lipinski definition) is 1. The maximum Gasteiger partial charge on any atom is 0.165 e. The van der Waals surface area contributed by atoms with Gasteiger partial charge in [0.05, 0.1) is 4.58 Å². The van der Waals surface area contributed by atoms with E-state index in [1.807, 2.05) is 19.1 Å². The van der Waals surface area contributed by atoms with Gasteiger partial charge in [-0.25, -0.2) is 0 Å². The molecule has 0 bridgehead atoms. The van der Waals surface area contributed by atoms with Crippen LogP contribution >= 0.6 is 23.5 Å². The highest BCUT2D eigenvalue weighted by Gasteiger charge is 2.35. The molecule has 22 heavy (non-hydrogen) atoms. The zero-order valence-electron chi connectivity index (χ0n) is 13.8. The monoisotopic (exact) mass is 344 g/mol. The normalized spacial score (nSPS) is 20.4. The Morgan fingerprint density at radius 1 is 1.41 bits per heavy atom. The summed E-state index contributed by atoms with van der Waals surface area (Å²) < 4.78 is 10.7. The van der Waals surface area contributed by atoms with Gasteiger partial charge in [0.2, 0.25) is 0 Å². The Morgan fingerprint density at radius 3 is 2.73 bits per heavy atom. The summed E-state index contributed by atoms with van der Waals surface area (Å²) in [5, 5.41) is 10.9. The van der Waals surface area contributed by atoms with Gasteiger partial charge in [-0.1, -0.05) is 37.7 Å². The van der Waals surface area contributed by atoms with Crippen molar-refractivity contribution in [2.75, 3.05) is 25.4 Å². The van der Waals surface area contributed by atoms with E-state index in [0.717, 1.165) is 30.8 Å². The molecular formula is C17H28O3S2. The Bertz CT molecular complexity index is 375. The standard InChI is InChI=1S/C17H28O3S2/c1-4-6-8-15(20-14-19-3)9-11-17(18,10-5-2)16-21-12-7-13-22-16/h5,10,15-16,18H,4,6-8,12-14H2,1-3H3/b10-5+. The average Bonchev–Trinajstić information content (AvgIpc) is 2.55. The highest BCUT2D eigenvalue weighted by molar-refractivity contribution is 8.17. The first kappa shape index (κ1) is 19.9. The van der Waals surface area contributed by atoms with Gasteiger partial charge in [0.25, 0.3) is 0 Å². The van der Waals surface area contributed by atoms with Crippen molar-refractivity contribution in [1.82, 2.24) is 0 Å². The maximum absolute atomic E-state index is 10.9. The predicted octanol–water partition coefficient (Wildman–Crippen LogP) is 3.67. The molecule has 0 aromatic carbocycles. The molecular weight excluding hydrogens is 316 g/mol. The van der Waals surface area contributed by atoms with Crippen LogP contribution in [0, 0.1) is 11.8 Å². The molecule has 5 heteroatoms. The van der Waals surface area contributed by atoms with Crippen LogP contribution in [-0.4, -0.2) is 46.8 Å². The minimum Gasteiger partial charge on any atom is -0.372 e. The fourth-order valence-corrected chi connectivity index (χ4v) is 5.09. The summed E-state index contributed by atoms with van der Waals surface area (Å²) in [5.41, 5.74) is -1.09. The number of ether oxygens (including phenoxy) is 2. The molecule has 1 aliphatic heterocycles. The van der Waals surface area contributed by atoms with E-state index in [9.17, 15) is 5.11 Å². The molecule has 0 saturated carbocycles. The molecule has 0 spiro atoms. The molecule has 1 aliphatic rings. The first-order chi connectivity index (χ1) is 10.7. The quantitative estimate of drug-likeness (QED) is 0.413. The van der Waals surface area contributed by atoms with E-state index in [2.05, 4.69) is 18.8 Å². The van der Waals surface area contributed by atoms with Crippen molar-refractivity contribution >= 4 is 23.5 Å². The fourth-order valence-electron chi connectivity index (χ4n) is 2.11. The molecule has 126 valence electrons. The Balaban J connectivity index is 2.81. The molecule has 1 saturated heterocycles. The molecule has 1 rings (SSSR count). The number of allylic oxidation sites excluding steroid dienone is 1. The van der Waals surface area contributed by atoms with E-state index in [0.29, 0.717) is 0 Å². The second kappa shape index (κ2) is 11.4. The van der Waals surface area contributed by atoms with E-state index >= 15 is 0 Å². The largest absolute Gasteiger partial charge is 0.372 e. The van der Waals surface area contributed by atoms with Crippen molar-refractivity contribution in [1.29, 1.82) is 0 Å². The maximum atomic E-state index is 10.9. The lowest BCUT2D eigenvalue weighted by Crippen LogP contribution is -2.37. The van der Waals surface area contributed by atoms with Crippen molar-refractivity contribution in [3.8, 4) is 11.8 Å². The number of hydrogen-bond acceptors (Lipinski definition) is 5. The fraction of sp³-hybridized carbons (Fsp3) is 0.765. The summed E-state index contributed by atoms with van der Waals surface area (Å²) in [4.78, 5) is 0. The van der Waals surface area contributed by atoms with Gasteiger partial charge in [-0.3, -0.25) is 0 Å². The molecule has 1 N–H and O–H groups in total. The Labute approximate surface area is 143 Å². The van der Waals surface area contributed by atoms with Gasteiger partial charge in [0.15, 0.2) is 5.60 Å². The summed E-state index contributed by atoms with van der Waals surface area (Å²) in [6, 6.07) is 0. The molecule has 1 heterocycles. The third-order valence-electron chi connectivity index (χ3n) is 3.25. The van der Waals surface area contributed by atoms with Crippen LogP contribution in [0.5, 0.6) is 0 Å². The molecule has 0 aromatic rings. The van der Waals surface area contributed by atoms with Crippen LogP contribution in [0.3, 0.4) is 0 Å². The molecule has 3 nitrogen and oxygen atoms in total. The third-order valence-corrected chi connectivity index (χ3v) is 6.44. The second-order valence-electron chi connectivity index (χ2n) is 5.23. The predicted molar refractivity (Wildman–Crippen MR) is 97.1 cm³/mol. The number of methoxy groups -OCH3 is 1. The van der Waals surface area contributed by atoms with E-state index < -0.39 is 5.60 Å². The lowest BCUT2D eigenvalue weighted by Gasteiger charge is -2.31. The van der Waals surface area contributed by atoms with Crippen LogP contribution in [0.4, 0.5) is 0 Å². The summed E-state index contributed by atoms with van der Waals surface area (Å²) in [6.45, 7) is 4.30. The minimum atomic E-state index is -1.09. The Hall–Kier alpha value is -0.120. The van der Waals surface area contributed by atoms with E-state index in [-0.39, 0.29) is 17.5 Å². The molecule has 2 atom stereocenters. The van der Waals surface area contributed by atoms with E-state index in [1.165, 1.54) is 6.42 Å². The van der Waals surface area contributed by atoms with Crippen molar-refractivity contribution in [2.45, 2.75) is 55.8 Å². The zero-order valence-corrected chi connectivity index (χ0v) is 15.5. The van der Waals surface area contributed by atoms with Crippen molar-refractivity contribution < 1.29 is 14.6 Å². The summed E-state index contributed by atoms with van der Waals surface area (Å²) in [5.74, 6) is 8.38. The van der Waals surface area contributed by atoms with Crippen molar-refractivity contribution in [3.63, 3.8) is 0 Å². The van der Waals surface area contributed by atoms with Crippen LogP contribution in [0.1, 0.15) is 39.5 Å². The second-order valence-corrected chi connectivity index (χ2v) is 7.95. The van der Waals surface area contributed by atoms with Crippen molar-refractivity contribution in [3.05, 3.63) is 12.2 Å². The molecule has 1 fully saturated rings. The number of unbranched alkanes of at least 4 members (excludes halogenated alkanes) is 1. The first-order valence-electron chi connectivity index (χ1n) is 7.89. The van der Waals surface area contributed by atoms with Crippen LogP contribution in [0.15, 0.2) is 12.2 Å². The zero-order chi connectivity index (χ0) is 16.3. The Morgan fingerprint density at radius 2 is 2.14 bits per heavy atom. The lowest BCUT2D eigenvalue weighted by molar-refractivity contribution is -0.0549. The van der Waals surface area contributed by atoms with Crippen LogP contribution < -0.4 is 0 Å². The van der Waals surface area contributed by atoms with Crippen LogP contribution in [-0.2, 0) is 9.47 Å². The lowest BCUT2D eigenvalue weighted by atomic mass is 10.1. The van der Waals surface area contributed by atoms with Gasteiger partial charge in [-0.2, -0.15) is 0 Å². The summed E-state index contributed by atoms with van der Waals surface area (Å²) >= 11 is 3.58. The number of thioether (sulfide) groups is 2. The summed E-state index contributed by atoms with van der Waals surface area (Å²) in [6.07, 6.45) is 7.71. The van der Waals surface area contributed by atoms with E-state index in [4.69, 9.17) is 9.47 Å². The molecule has 0 aromatic heterocycles. The minimum absolute atomic E-state index is 0.0687. The molecule has 2 unspecified atom stereocenters. The smallest absolute Gasteiger partial charge is 0.165 e. The molecule has 0 aliphatic carbocycles. The van der Waals surface area contributed by atoms with Crippen molar-refractivity contribution in [2.24, 2.45) is 0 Å². The van der Waals surface area contributed by atoms with Gasteiger partial charge in [0, 0.05) is 7.11 Å². The number of rotatable bonds is 8. The molecule has 0 amide bonds. The van der Waals surface area contributed by atoms with Crippen LogP contribution in [0.2, 0.25) is 0 Å². The highest BCUT2D eigenvalue weighted by Crippen LogP contribution is 2.38. The van der Waals surface area contributed by atoms with Gasteiger partial charge in [-0.15, -0.1) is 23.5 Å². The van der Waals surface area contributed by atoms with Crippen LogP contribution in [0.25, 0.3) is 0 Å². The SMILES string of the molecule is C/C=C/C(O)(C#CC(CCCC)OCOC)C1SCCCS1. The first-order valence-corrected chi connectivity index (χ1v) is 9.98. The average molecular weight is 345 g/mol.